The van der Waals surface area contributed by atoms with Crippen molar-refractivity contribution in [3.05, 3.63) is 0 Å². The maximum absolute atomic E-state index is 12.5. The monoisotopic (exact) mass is 269 g/mol. The molecule has 2 fully saturated rings. The minimum atomic E-state index is -0.797. The fourth-order valence-corrected chi connectivity index (χ4v) is 2.83. The topological polar surface area (TPSA) is 75.9 Å². The SMILES string of the molecule is CN1CCN(C(=O)C2CCC(CN)O2)C(C)(C)C1=O. The molecule has 19 heavy (non-hydrogen) atoms. The van der Waals surface area contributed by atoms with Crippen molar-refractivity contribution in [2.45, 2.75) is 44.4 Å². The molecule has 108 valence electrons. The van der Waals surface area contributed by atoms with E-state index < -0.39 is 11.6 Å². The van der Waals surface area contributed by atoms with Gasteiger partial charge in [0.05, 0.1) is 6.10 Å². The summed E-state index contributed by atoms with van der Waals surface area (Å²) >= 11 is 0. The molecule has 2 N–H and O–H groups in total. The Kier molecular flexibility index (Phi) is 3.82. The average molecular weight is 269 g/mol. The first-order chi connectivity index (χ1) is 8.87. The highest BCUT2D eigenvalue weighted by Gasteiger charge is 2.46. The van der Waals surface area contributed by atoms with Gasteiger partial charge in [0, 0.05) is 26.7 Å². The highest BCUT2D eigenvalue weighted by Crippen LogP contribution is 2.27. The first-order valence-electron chi connectivity index (χ1n) is 6.80. The maximum Gasteiger partial charge on any atom is 0.252 e. The number of piperazine rings is 1. The van der Waals surface area contributed by atoms with Crippen molar-refractivity contribution in [2.24, 2.45) is 5.73 Å². The summed E-state index contributed by atoms with van der Waals surface area (Å²) in [5.74, 6) is -0.108. The molecule has 2 heterocycles. The second-order valence-corrected chi connectivity index (χ2v) is 5.84. The lowest BCUT2D eigenvalue weighted by Gasteiger charge is -2.45. The molecule has 6 heteroatoms. The molecule has 0 aromatic rings. The van der Waals surface area contributed by atoms with Gasteiger partial charge in [-0.15, -0.1) is 0 Å². The van der Waals surface area contributed by atoms with Crippen molar-refractivity contribution in [3.63, 3.8) is 0 Å². The molecule has 2 amide bonds. The van der Waals surface area contributed by atoms with Crippen LogP contribution in [-0.4, -0.2) is 66.0 Å². The molecule has 2 rings (SSSR count). The number of nitrogens with two attached hydrogens (primary N) is 1. The minimum Gasteiger partial charge on any atom is -0.364 e. The van der Waals surface area contributed by atoms with E-state index in [0.29, 0.717) is 26.1 Å². The Morgan fingerprint density at radius 1 is 1.42 bits per heavy atom. The molecule has 2 aliphatic heterocycles. The van der Waals surface area contributed by atoms with Gasteiger partial charge < -0.3 is 20.3 Å². The Bertz CT molecular complexity index is 383. The van der Waals surface area contributed by atoms with Crippen molar-refractivity contribution in [3.8, 4) is 0 Å². The van der Waals surface area contributed by atoms with Gasteiger partial charge in [0.2, 0.25) is 5.91 Å². The zero-order valence-corrected chi connectivity index (χ0v) is 11.9. The van der Waals surface area contributed by atoms with E-state index in [1.807, 2.05) is 0 Å². The molecule has 0 bridgehead atoms. The van der Waals surface area contributed by atoms with E-state index in [-0.39, 0.29) is 17.9 Å². The molecular formula is C13H23N3O3. The van der Waals surface area contributed by atoms with Crippen LogP contribution in [0.4, 0.5) is 0 Å². The lowest BCUT2D eigenvalue weighted by molar-refractivity contribution is -0.163. The Morgan fingerprint density at radius 2 is 2.11 bits per heavy atom. The van der Waals surface area contributed by atoms with Crippen LogP contribution in [0.1, 0.15) is 26.7 Å². The number of amides is 2. The highest BCUT2D eigenvalue weighted by atomic mass is 16.5. The number of hydrogen-bond acceptors (Lipinski definition) is 4. The van der Waals surface area contributed by atoms with Crippen molar-refractivity contribution < 1.29 is 14.3 Å². The quantitative estimate of drug-likeness (QED) is 0.738. The summed E-state index contributed by atoms with van der Waals surface area (Å²) in [5.41, 5.74) is 4.76. The summed E-state index contributed by atoms with van der Waals surface area (Å²) in [6.07, 6.45) is 1.04. The summed E-state index contributed by atoms with van der Waals surface area (Å²) < 4.78 is 5.64. The largest absolute Gasteiger partial charge is 0.364 e. The molecular weight excluding hydrogens is 246 g/mol. The van der Waals surface area contributed by atoms with Crippen molar-refractivity contribution in [2.75, 3.05) is 26.7 Å². The van der Waals surface area contributed by atoms with Gasteiger partial charge in [-0.25, -0.2) is 0 Å². The van der Waals surface area contributed by atoms with Crippen LogP contribution in [0.5, 0.6) is 0 Å². The Morgan fingerprint density at radius 3 is 2.68 bits per heavy atom. The summed E-state index contributed by atoms with van der Waals surface area (Å²) in [5, 5.41) is 0. The Hall–Kier alpha value is -1.14. The molecule has 0 saturated carbocycles. The zero-order valence-electron chi connectivity index (χ0n) is 11.9. The van der Waals surface area contributed by atoms with Gasteiger partial charge in [0.1, 0.15) is 11.6 Å². The molecule has 0 aromatic heterocycles. The van der Waals surface area contributed by atoms with E-state index >= 15 is 0 Å². The Balaban J connectivity index is 2.09. The third-order valence-corrected chi connectivity index (χ3v) is 4.12. The van der Waals surface area contributed by atoms with Gasteiger partial charge in [0.15, 0.2) is 0 Å². The highest BCUT2D eigenvalue weighted by molar-refractivity contribution is 5.93. The predicted molar refractivity (Wildman–Crippen MR) is 70.4 cm³/mol. The van der Waals surface area contributed by atoms with Crippen LogP contribution in [0.3, 0.4) is 0 Å². The van der Waals surface area contributed by atoms with E-state index in [4.69, 9.17) is 10.5 Å². The van der Waals surface area contributed by atoms with Crippen LogP contribution in [0.25, 0.3) is 0 Å². The smallest absolute Gasteiger partial charge is 0.252 e. The number of carbonyl (C=O) groups is 2. The van der Waals surface area contributed by atoms with E-state index in [0.717, 1.165) is 6.42 Å². The number of nitrogens with zero attached hydrogens (tertiary/aromatic N) is 2. The van der Waals surface area contributed by atoms with E-state index in [2.05, 4.69) is 0 Å². The first-order valence-corrected chi connectivity index (χ1v) is 6.80. The van der Waals surface area contributed by atoms with Crippen LogP contribution in [0, 0.1) is 0 Å². The molecule has 0 radical (unpaired) electrons. The molecule has 2 saturated heterocycles. The maximum atomic E-state index is 12.5. The number of ether oxygens (including phenoxy) is 1. The molecule has 6 nitrogen and oxygen atoms in total. The fourth-order valence-electron chi connectivity index (χ4n) is 2.83. The van der Waals surface area contributed by atoms with Gasteiger partial charge >= 0.3 is 0 Å². The fraction of sp³-hybridized carbons (Fsp3) is 0.846. The lowest BCUT2D eigenvalue weighted by atomic mass is 9.96. The van der Waals surface area contributed by atoms with Gasteiger partial charge in [-0.05, 0) is 26.7 Å². The van der Waals surface area contributed by atoms with Crippen LogP contribution >= 0.6 is 0 Å². The number of hydrogen-bond donors (Lipinski definition) is 1. The second-order valence-electron chi connectivity index (χ2n) is 5.84. The molecule has 0 aliphatic carbocycles. The van der Waals surface area contributed by atoms with E-state index in [9.17, 15) is 9.59 Å². The van der Waals surface area contributed by atoms with Gasteiger partial charge in [-0.3, -0.25) is 9.59 Å². The van der Waals surface area contributed by atoms with Crippen molar-refractivity contribution in [1.82, 2.24) is 9.80 Å². The van der Waals surface area contributed by atoms with Gasteiger partial charge in [-0.2, -0.15) is 0 Å². The lowest BCUT2D eigenvalue weighted by Crippen LogP contribution is -2.65. The number of carbonyl (C=O) groups excluding carboxylic acids is 2. The van der Waals surface area contributed by atoms with Crippen LogP contribution in [0.15, 0.2) is 0 Å². The Labute approximate surface area is 113 Å². The van der Waals surface area contributed by atoms with Crippen LogP contribution < -0.4 is 5.73 Å². The second kappa shape index (κ2) is 5.09. The predicted octanol–water partition coefficient (Wildman–Crippen LogP) is -0.428. The molecule has 2 unspecified atom stereocenters. The summed E-state index contributed by atoms with van der Waals surface area (Å²) in [7, 11) is 1.77. The third-order valence-electron chi connectivity index (χ3n) is 4.12. The summed E-state index contributed by atoms with van der Waals surface area (Å²) in [4.78, 5) is 28.0. The van der Waals surface area contributed by atoms with Crippen LogP contribution in [0.2, 0.25) is 0 Å². The van der Waals surface area contributed by atoms with E-state index in [1.54, 1.807) is 30.7 Å². The van der Waals surface area contributed by atoms with Crippen molar-refractivity contribution in [1.29, 1.82) is 0 Å². The molecule has 2 aliphatic rings. The first kappa shape index (κ1) is 14.3. The van der Waals surface area contributed by atoms with Gasteiger partial charge in [0.25, 0.3) is 5.91 Å². The zero-order chi connectivity index (χ0) is 14.2. The summed E-state index contributed by atoms with van der Waals surface area (Å²) in [6.45, 7) is 5.15. The average Bonchev–Trinajstić information content (AvgIpc) is 2.84. The molecule has 0 spiro atoms. The molecule has 2 atom stereocenters. The van der Waals surface area contributed by atoms with Crippen LogP contribution in [-0.2, 0) is 14.3 Å². The molecule has 0 aromatic carbocycles. The standard InChI is InChI=1S/C13H23N3O3/c1-13(2)12(18)15(3)6-7-16(13)11(17)10-5-4-9(8-14)19-10/h9-10H,4-8,14H2,1-3H3. The minimum absolute atomic E-state index is 0.0273. The van der Waals surface area contributed by atoms with E-state index in [1.165, 1.54) is 0 Å². The van der Waals surface area contributed by atoms with Crippen molar-refractivity contribution >= 4 is 11.8 Å². The summed E-state index contributed by atoms with van der Waals surface area (Å²) in [6, 6.07) is 0. The van der Waals surface area contributed by atoms with Gasteiger partial charge in [-0.1, -0.05) is 0 Å². The third kappa shape index (κ3) is 2.47. The number of rotatable bonds is 2. The normalized spacial score (nSPS) is 30.8. The number of likely N-dealkylation sites (N-methyl/N-ethyl adjacent to an activating group) is 1.